The van der Waals surface area contributed by atoms with E-state index in [1.807, 2.05) is 48.7 Å². The number of H-pyrrole nitrogens is 1. The molecule has 5 nitrogen and oxygen atoms in total. The molecule has 0 aliphatic carbocycles. The Hall–Kier alpha value is -3.08. The van der Waals surface area contributed by atoms with Crippen LogP contribution in [0.5, 0.6) is 0 Å². The first kappa shape index (κ1) is 13.6. The number of amides is 1. The Labute approximate surface area is 132 Å². The SMILES string of the molecule is Cc1nc2cc(NC(=O)Cc3ccc4cc[nH]c4c3)ccc2o1. The Morgan fingerprint density at radius 3 is 3.04 bits per heavy atom. The Balaban J connectivity index is 1.51. The highest BCUT2D eigenvalue weighted by Crippen LogP contribution is 2.20. The number of hydrogen-bond acceptors (Lipinski definition) is 3. The van der Waals surface area contributed by atoms with E-state index in [4.69, 9.17) is 4.42 Å². The molecule has 0 atom stereocenters. The predicted octanol–water partition coefficient (Wildman–Crippen LogP) is 3.80. The highest BCUT2D eigenvalue weighted by Gasteiger charge is 2.08. The third-order valence-electron chi connectivity index (χ3n) is 3.76. The van der Waals surface area contributed by atoms with Crippen molar-refractivity contribution in [2.75, 3.05) is 5.32 Å². The van der Waals surface area contributed by atoms with E-state index in [2.05, 4.69) is 15.3 Å². The van der Waals surface area contributed by atoms with Crippen molar-refractivity contribution in [3.05, 3.63) is 60.1 Å². The zero-order chi connectivity index (χ0) is 15.8. The lowest BCUT2D eigenvalue weighted by atomic mass is 10.1. The molecule has 114 valence electrons. The van der Waals surface area contributed by atoms with Gasteiger partial charge in [0.2, 0.25) is 5.91 Å². The highest BCUT2D eigenvalue weighted by atomic mass is 16.3. The molecule has 2 aromatic heterocycles. The standard InChI is InChI=1S/C18H15N3O2/c1-11-20-16-10-14(4-5-17(16)23-11)21-18(22)9-12-2-3-13-6-7-19-15(13)8-12/h2-8,10,19H,9H2,1H3,(H,21,22). The van der Waals surface area contributed by atoms with Crippen molar-refractivity contribution < 1.29 is 9.21 Å². The molecule has 2 heterocycles. The minimum absolute atomic E-state index is 0.0597. The number of nitrogens with one attached hydrogen (secondary N) is 2. The summed E-state index contributed by atoms with van der Waals surface area (Å²) in [5.41, 5.74) is 4.19. The van der Waals surface area contributed by atoms with Gasteiger partial charge in [0.1, 0.15) is 5.52 Å². The lowest BCUT2D eigenvalue weighted by Crippen LogP contribution is -2.14. The molecule has 0 saturated heterocycles. The summed E-state index contributed by atoms with van der Waals surface area (Å²) in [6.07, 6.45) is 2.22. The predicted molar refractivity (Wildman–Crippen MR) is 89.4 cm³/mol. The van der Waals surface area contributed by atoms with Crippen molar-refractivity contribution in [3.63, 3.8) is 0 Å². The molecule has 0 bridgehead atoms. The Morgan fingerprint density at radius 1 is 1.22 bits per heavy atom. The number of carbonyl (C=O) groups excluding carboxylic acids is 1. The van der Waals surface area contributed by atoms with Crippen LogP contribution in [0.15, 0.2) is 53.1 Å². The van der Waals surface area contributed by atoms with Crippen LogP contribution in [0.3, 0.4) is 0 Å². The summed E-state index contributed by atoms with van der Waals surface area (Å²) in [7, 11) is 0. The quantitative estimate of drug-likeness (QED) is 0.605. The van der Waals surface area contributed by atoms with Crippen LogP contribution in [-0.4, -0.2) is 15.9 Å². The molecule has 0 saturated carbocycles. The molecule has 0 radical (unpaired) electrons. The van der Waals surface area contributed by atoms with E-state index in [1.54, 1.807) is 6.92 Å². The van der Waals surface area contributed by atoms with E-state index in [0.717, 1.165) is 33.3 Å². The lowest BCUT2D eigenvalue weighted by molar-refractivity contribution is -0.115. The average Bonchev–Trinajstić information content (AvgIpc) is 3.11. The van der Waals surface area contributed by atoms with Crippen molar-refractivity contribution in [1.82, 2.24) is 9.97 Å². The van der Waals surface area contributed by atoms with Crippen LogP contribution in [0.4, 0.5) is 5.69 Å². The molecule has 0 aliphatic heterocycles. The number of nitrogens with zero attached hydrogens (tertiary/aromatic N) is 1. The first-order chi connectivity index (χ1) is 11.2. The smallest absolute Gasteiger partial charge is 0.228 e. The summed E-state index contributed by atoms with van der Waals surface area (Å²) < 4.78 is 5.43. The average molecular weight is 305 g/mol. The molecule has 4 aromatic rings. The first-order valence-electron chi connectivity index (χ1n) is 7.40. The van der Waals surface area contributed by atoms with Gasteiger partial charge in [-0.15, -0.1) is 0 Å². The number of rotatable bonds is 3. The Bertz CT molecular complexity index is 1010. The second-order valence-corrected chi connectivity index (χ2v) is 5.54. The van der Waals surface area contributed by atoms with Gasteiger partial charge in [-0.05, 0) is 41.3 Å². The fourth-order valence-electron chi connectivity index (χ4n) is 2.72. The highest BCUT2D eigenvalue weighted by molar-refractivity contribution is 5.94. The topological polar surface area (TPSA) is 70.9 Å². The van der Waals surface area contributed by atoms with Crippen LogP contribution in [0, 0.1) is 6.92 Å². The van der Waals surface area contributed by atoms with E-state index in [0.29, 0.717) is 12.3 Å². The minimum Gasteiger partial charge on any atom is -0.441 e. The van der Waals surface area contributed by atoms with E-state index in [9.17, 15) is 4.79 Å². The molecular weight excluding hydrogens is 290 g/mol. The summed E-state index contributed by atoms with van der Waals surface area (Å²) in [5.74, 6) is 0.554. The Kier molecular flexibility index (Phi) is 3.12. The van der Waals surface area contributed by atoms with Gasteiger partial charge in [-0.1, -0.05) is 12.1 Å². The number of aromatic amines is 1. The number of fused-ring (bicyclic) bond motifs is 2. The van der Waals surface area contributed by atoms with Crippen molar-refractivity contribution in [2.24, 2.45) is 0 Å². The largest absolute Gasteiger partial charge is 0.441 e. The third-order valence-corrected chi connectivity index (χ3v) is 3.76. The van der Waals surface area contributed by atoms with Crippen LogP contribution in [0.2, 0.25) is 0 Å². The summed E-state index contributed by atoms with van der Waals surface area (Å²) in [6, 6.07) is 13.4. The molecule has 0 unspecified atom stereocenters. The van der Waals surface area contributed by atoms with Gasteiger partial charge in [0.05, 0.1) is 6.42 Å². The molecule has 0 spiro atoms. The van der Waals surface area contributed by atoms with E-state index >= 15 is 0 Å². The number of oxazole rings is 1. The fraction of sp³-hybridized carbons (Fsp3) is 0.111. The van der Waals surface area contributed by atoms with Crippen molar-refractivity contribution >= 4 is 33.6 Å². The van der Waals surface area contributed by atoms with Gasteiger partial charge >= 0.3 is 0 Å². The number of benzene rings is 2. The normalized spacial score (nSPS) is 11.2. The molecule has 5 heteroatoms. The van der Waals surface area contributed by atoms with E-state index < -0.39 is 0 Å². The summed E-state index contributed by atoms with van der Waals surface area (Å²) in [5, 5.41) is 4.04. The van der Waals surface area contributed by atoms with Gasteiger partial charge in [-0.2, -0.15) is 0 Å². The number of hydrogen-bond donors (Lipinski definition) is 2. The van der Waals surface area contributed by atoms with Crippen LogP contribution in [-0.2, 0) is 11.2 Å². The summed E-state index contributed by atoms with van der Waals surface area (Å²) in [6.45, 7) is 1.80. The van der Waals surface area contributed by atoms with Crippen LogP contribution in [0.1, 0.15) is 11.5 Å². The fourth-order valence-corrected chi connectivity index (χ4v) is 2.72. The number of aryl methyl sites for hydroxylation is 1. The number of carbonyl (C=O) groups is 1. The zero-order valence-electron chi connectivity index (χ0n) is 12.6. The molecule has 0 fully saturated rings. The van der Waals surface area contributed by atoms with Crippen molar-refractivity contribution in [1.29, 1.82) is 0 Å². The molecule has 0 aliphatic rings. The maximum absolute atomic E-state index is 12.2. The van der Waals surface area contributed by atoms with Gasteiger partial charge in [0.15, 0.2) is 11.5 Å². The molecule has 23 heavy (non-hydrogen) atoms. The van der Waals surface area contributed by atoms with Crippen molar-refractivity contribution in [3.8, 4) is 0 Å². The van der Waals surface area contributed by atoms with Gasteiger partial charge in [-0.3, -0.25) is 4.79 Å². The Morgan fingerprint density at radius 2 is 2.13 bits per heavy atom. The second-order valence-electron chi connectivity index (χ2n) is 5.54. The summed E-state index contributed by atoms with van der Waals surface area (Å²) in [4.78, 5) is 19.7. The molecular formula is C18H15N3O2. The van der Waals surface area contributed by atoms with E-state index in [1.165, 1.54) is 0 Å². The number of anilines is 1. The lowest BCUT2D eigenvalue weighted by Gasteiger charge is -2.05. The maximum atomic E-state index is 12.2. The molecule has 2 aromatic carbocycles. The van der Waals surface area contributed by atoms with Crippen LogP contribution >= 0.6 is 0 Å². The van der Waals surface area contributed by atoms with Gasteiger partial charge in [0.25, 0.3) is 0 Å². The van der Waals surface area contributed by atoms with Gasteiger partial charge in [0, 0.05) is 24.3 Å². The van der Waals surface area contributed by atoms with Crippen LogP contribution in [0.25, 0.3) is 22.0 Å². The van der Waals surface area contributed by atoms with E-state index in [-0.39, 0.29) is 5.91 Å². The van der Waals surface area contributed by atoms with Gasteiger partial charge in [-0.25, -0.2) is 4.98 Å². The molecule has 2 N–H and O–H groups in total. The van der Waals surface area contributed by atoms with Gasteiger partial charge < -0.3 is 14.7 Å². The van der Waals surface area contributed by atoms with Crippen LogP contribution < -0.4 is 5.32 Å². The monoisotopic (exact) mass is 305 g/mol. The second kappa shape index (κ2) is 5.28. The zero-order valence-corrected chi connectivity index (χ0v) is 12.6. The maximum Gasteiger partial charge on any atom is 0.228 e. The number of aromatic nitrogens is 2. The minimum atomic E-state index is -0.0597. The molecule has 4 rings (SSSR count). The third kappa shape index (κ3) is 2.68. The first-order valence-corrected chi connectivity index (χ1v) is 7.40. The van der Waals surface area contributed by atoms with Crippen molar-refractivity contribution in [2.45, 2.75) is 13.3 Å². The summed E-state index contributed by atoms with van der Waals surface area (Å²) >= 11 is 0. The molecule has 1 amide bonds.